The van der Waals surface area contributed by atoms with Crippen molar-refractivity contribution in [2.75, 3.05) is 13.1 Å². The van der Waals surface area contributed by atoms with E-state index in [1.807, 2.05) is 6.08 Å². The maximum Gasteiger partial charge on any atom is 0.356 e. The molecule has 0 amide bonds. The van der Waals surface area contributed by atoms with Gasteiger partial charge >= 0.3 is 5.97 Å². The van der Waals surface area contributed by atoms with E-state index in [1.54, 1.807) is 6.08 Å². The number of sulfonamides is 1. The van der Waals surface area contributed by atoms with Gasteiger partial charge in [0.15, 0.2) is 9.90 Å². The molecule has 1 N–H and O–H groups in total. The van der Waals surface area contributed by atoms with Crippen LogP contribution in [0.3, 0.4) is 0 Å². The lowest BCUT2D eigenvalue weighted by molar-refractivity contribution is 0.0687. The molecule has 0 aliphatic carbocycles. The highest BCUT2D eigenvalue weighted by Crippen LogP contribution is 2.25. The minimum Gasteiger partial charge on any atom is -0.476 e. The summed E-state index contributed by atoms with van der Waals surface area (Å²) >= 11 is 0.833. The number of aromatic carboxylic acids is 1. The standard InChI is InChI=1S/C9H10N2O4S2/c12-8(13)7-9(16-6-10-7)17(14,15)11-4-2-1-3-5-11/h1-2,6H,3-5H2,(H,12,13). The first-order valence-corrected chi connectivity index (χ1v) is 7.17. The van der Waals surface area contributed by atoms with Gasteiger partial charge in [-0.2, -0.15) is 4.31 Å². The van der Waals surface area contributed by atoms with Gasteiger partial charge < -0.3 is 5.11 Å². The van der Waals surface area contributed by atoms with Gasteiger partial charge in [0.2, 0.25) is 0 Å². The molecule has 0 bridgehead atoms. The van der Waals surface area contributed by atoms with Crippen molar-refractivity contribution >= 4 is 27.3 Å². The third-order valence-corrected chi connectivity index (χ3v) is 5.54. The molecular formula is C9H10N2O4S2. The molecule has 0 saturated carbocycles. The van der Waals surface area contributed by atoms with Crippen LogP contribution < -0.4 is 0 Å². The van der Waals surface area contributed by atoms with E-state index in [-0.39, 0.29) is 10.8 Å². The van der Waals surface area contributed by atoms with E-state index < -0.39 is 21.7 Å². The number of thiazole rings is 1. The first-order valence-electron chi connectivity index (χ1n) is 4.85. The van der Waals surface area contributed by atoms with Crippen LogP contribution in [0.25, 0.3) is 0 Å². The second-order valence-electron chi connectivity index (χ2n) is 3.42. The highest BCUT2D eigenvalue weighted by molar-refractivity contribution is 7.91. The van der Waals surface area contributed by atoms with E-state index in [4.69, 9.17) is 5.11 Å². The lowest BCUT2D eigenvalue weighted by atomic mass is 10.3. The van der Waals surface area contributed by atoms with E-state index in [2.05, 4.69) is 4.98 Å². The topological polar surface area (TPSA) is 87.6 Å². The van der Waals surface area contributed by atoms with Crippen LogP contribution in [0.5, 0.6) is 0 Å². The molecule has 0 atom stereocenters. The highest BCUT2D eigenvalue weighted by atomic mass is 32.2. The van der Waals surface area contributed by atoms with Gasteiger partial charge in [-0.25, -0.2) is 18.2 Å². The Morgan fingerprint density at radius 1 is 1.47 bits per heavy atom. The number of carboxylic acids is 1. The Morgan fingerprint density at radius 2 is 2.24 bits per heavy atom. The van der Waals surface area contributed by atoms with Gasteiger partial charge in [0.25, 0.3) is 10.0 Å². The van der Waals surface area contributed by atoms with Crippen LogP contribution in [-0.4, -0.2) is 41.9 Å². The van der Waals surface area contributed by atoms with Crippen LogP contribution in [0.2, 0.25) is 0 Å². The molecule has 0 spiro atoms. The molecule has 0 fully saturated rings. The van der Waals surface area contributed by atoms with Crippen molar-refractivity contribution in [3.05, 3.63) is 23.4 Å². The summed E-state index contributed by atoms with van der Waals surface area (Å²) in [6, 6.07) is 0. The molecule has 1 aliphatic rings. The van der Waals surface area contributed by atoms with E-state index in [0.717, 1.165) is 11.3 Å². The Balaban J connectivity index is 2.41. The number of aromatic nitrogens is 1. The lowest BCUT2D eigenvalue weighted by Gasteiger charge is -2.21. The number of rotatable bonds is 3. The minimum atomic E-state index is -3.74. The minimum absolute atomic E-state index is 0.194. The van der Waals surface area contributed by atoms with E-state index in [9.17, 15) is 13.2 Å². The van der Waals surface area contributed by atoms with Crippen LogP contribution in [0, 0.1) is 0 Å². The van der Waals surface area contributed by atoms with Crippen molar-refractivity contribution in [1.29, 1.82) is 0 Å². The summed E-state index contributed by atoms with van der Waals surface area (Å²) in [7, 11) is -3.74. The van der Waals surface area contributed by atoms with Crippen molar-refractivity contribution in [3.8, 4) is 0 Å². The fraction of sp³-hybridized carbons (Fsp3) is 0.333. The Kier molecular flexibility index (Phi) is 3.27. The smallest absolute Gasteiger partial charge is 0.356 e. The zero-order chi connectivity index (χ0) is 12.5. The molecule has 1 aromatic heterocycles. The summed E-state index contributed by atoms with van der Waals surface area (Å²) in [5, 5.41) is 8.86. The highest BCUT2D eigenvalue weighted by Gasteiger charge is 2.31. The summed E-state index contributed by atoms with van der Waals surface area (Å²) in [5.74, 6) is -1.32. The normalized spacial score (nSPS) is 17.2. The number of carbonyl (C=O) groups is 1. The van der Waals surface area contributed by atoms with Gasteiger partial charge in [-0.15, -0.1) is 11.3 Å². The van der Waals surface area contributed by atoms with Crippen LogP contribution in [0.15, 0.2) is 21.9 Å². The molecule has 1 aromatic rings. The SMILES string of the molecule is O=C(O)c1ncsc1S(=O)(=O)N1CC=CCC1. The second kappa shape index (κ2) is 4.55. The van der Waals surface area contributed by atoms with E-state index in [1.165, 1.54) is 9.82 Å². The van der Waals surface area contributed by atoms with Gasteiger partial charge in [-0.05, 0) is 6.42 Å². The molecule has 6 nitrogen and oxygen atoms in total. The number of nitrogens with zero attached hydrogens (tertiary/aromatic N) is 2. The quantitative estimate of drug-likeness (QED) is 0.823. The van der Waals surface area contributed by atoms with E-state index >= 15 is 0 Å². The molecule has 2 heterocycles. The third kappa shape index (κ3) is 2.24. The van der Waals surface area contributed by atoms with Crippen molar-refractivity contribution in [2.45, 2.75) is 10.6 Å². The predicted octanol–water partition coefficient (Wildman–Crippen LogP) is 0.792. The fourth-order valence-corrected chi connectivity index (χ4v) is 4.20. The Hall–Kier alpha value is -1.25. The second-order valence-corrected chi connectivity index (χ2v) is 6.40. The van der Waals surface area contributed by atoms with Crippen LogP contribution in [0.1, 0.15) is 16.9 Å². The van der Waals surface area contributed by atoms with Crippen molar-refractivity contribution in [3.63, 3.8) is 0 Å². The van der Waals surface area contributed by atoms with E-state index in [0.29, 0.717) is 13.0 Å². The predicted molar refractivity (Wildman–Crippen MR) is 61.6 cm³/mol. The van der Waals surface area contributed by atoms with Gasteiger partial charge in [0, 0.05) is 13.1 Å². The molecule has 0 radical (unpaired) electrons. The molecular weight excluding hydrogens is 264 g/mol. The monoisotopic (exact) mass is 274 g/mol. The average molecular weight is 274 g/mol. The average Bonchev–Trinajstić information content (AvgIpc) is 2.80. The number of hydrogen-bond acceptors (Lipinski definition) is 5. The maximum atomic E-state index is 12.2. The molecule has 92 valence electrons. The Labute approximate surface area is 102 Å². The number of carboxylic acid groups (broad SMARTS) is 1. The number of hydrogen-bond donors (Lipinski definition) is 1. The molecule has 0 unspecified atom stereocenters. The van der Waals surface area contributed by atoms with Gasteiger partial charge in [0.1, 0.15) is 0 Å². The fourth-order valence-electron chi connectivity index (χ4n) is 1.52. The van der Waals surface area contributed by atoms with Crippen LogP contribution in [-0.2, 0) is 10.0 Å². The van der Waals surface area contributed by atoms with Crippen LogP contribution >= 0.6 is 11.3 Å². The largest absolute Gasteiger partial charge is 0.476 e. The Morgan fingerprint density at radius 3 is 2.82 bits per heavy atom. The zero-order valence-corrected chi connectivity index (χ0v) is 10.4. The summed E-state index contributed by atoms with van der Waals surface area (Å²) in [6.45, 7) is 0.648. The maximum absolute atomic E-state index is 12.2. The molecule has 0 aromatic carbocycles. The Bertz CT molecular complexity index is 561. The van der Waals surface area contributed by atoms with Gasteiger partial charge in [-0.3, -0.25) is 0 Å². The zero-order valence-electron chi connectivity index (χ0n) is 8.74. The molecule has 2 rings (SSSR count). The summed E-state index contributed by atoms with van der Waals surface area (Å²) < 4.78 is 25.4. The van der Waals surface area contributed by atoms with Crippen molar-refractivity contribution in [1.82, 2.24) is 9.29 Å². The summed E-state index contributed by atoms with van der Waals surface area (Å²) in [5.41, 5.74) is 0.834. The summed E-state index contributed by atoms with van der Waals surface area (Å²) in [4.78, 5) is 14.4. The lowest BCUT2D eigenvalue weighted by Crippen LogP contribution is -2.34. The molecule has 1 aliphatic heterocycles. The first kappa shape index (κ1) is 12.2. The summed E-state index contributed by atoms with van der Waals surface area (Å²) in [6.07, 6.45) is 4.29. The third-order valence-electron chi connectivity index (χ3n) is 2.33. The van der Waals surface area contributed by atoms with Crippen molar-refractivity contribution < 1.29 is 18.3 Å². The van der Waals surface area contributed by atoms with Gasteiger partial charge in [0.05, 0.1) is 5.51 Å². The van der Waals surface area contributed by atoms with Crippen LogP contribution in [0.4, 0.5) is 0 Å². The molecule has 0 saturated heterocycles. The van der Waals surface area contributed by atoms with Crippen molar-refractivity contribution in [2.24, 2.45) is 0 Å². The first-order chi connectivity index (χ1) is 8.03. The molecule has 17 heavy (non-hydrogen) atoms. The molecule has 8 heteroatoms. The van der Waals surface area contributed by atoms with Gasteiger partial charge in [-0.1, -0.05) is 12.2 Å².